The van der Waals surface area contributed by atoms with Crippen molar-refractivity contribution in [2.24, 2.45) is 0 Å². The normalized spacial score (nSPS) is 12.0. The second-order valence-electron chi connectivity index (χ2n) is 6.73. The van der Waals surface area contributed by atoms with E-state index in [-0.39, 0.29) is 11.4 Å². The Morgan fingerprint density at radius 2 is 1.86 bits per heavy atom. The third-order valence-corrected chi connectivity index (χ3v) is 4.90. The van der Waals surface area contributed by atoms with Gasteiger partial charge in [-0.15, -0.1) is 0 Å². The number of aryl methyl sites for hydroxylation is 1. The fourth-order valence-corrected chi connectivity index (χ4v) is 3.55. The van der Waals surface area contributed by atoms with Crippen LogP contribution in [0.2, 0.25) is 0 Å². The first-order valence-electron chi connectivity index (χ1n) is 8.88. The predicted molar refractivity (Wildman–Crippen MR) is 102 cm³/mol. The molecule has 4 nitrogen and oxygen atoms in total. The van der Waals surface area contributed by atoms with Crippen LogP contribution in [-0.4, -0.2) is 22.4 Å². The average Bonchev–Trinajstić information content (AvgIpc) is 3.21. The molecule has 0 fully saturated rings. The molecule has 0 atom stereocenters. The molecular formula is C21H18F3N3O. The van der Waals surface area contributed by atoms with Crippen molar-refractivity contribution in [3.8, 4) is 0 Å². The molecule has 2 aromatic heterocycles. The predicted octanol–water partition coefficient (Wildman–Crippen LogP) is 4.95. The van der Waals surface area contributed by atoms with Gasteiger partial charge in [0, 0.05) is 28.5 Å². The van der Waals surface area contributed by atoms with Crippen LogP contribution in [0.4, 0.5) is 13.2 Å². The van der Waals surface area contributed by atoms with Crippen molar-refractivity contribution in [3.63, 3.8) is 0 Å². The number of hydrogen-bond donors (Lipinski definition) is 3. The Kier molecular flexibility index (Phi) is 4.37. The summed E-state index contributed by atoms with van der Waals surface area (Å²) in [6.07, 6.45) is -3.99. The Balaban J connectivity index is 1.51. The molecule has 4 rings (SSSR count). The van der Waals surface area contributed by atoms with E-state index in [1.54, 1.807) is 19.1 Å². The van der Waals surface area contributed by atoms with Crippen LogP contribution < -0.4 is 5.32 Å². The molecule has 2 aromatic carbocycles. The third kappa shape index (κ3) is 3.24. The zero-order valence-electron chi connectivity index (χ0n) is 15.1. The van der Waals surface area contributed by atoms with Gasteiger partial charge in [0.15, 0.2) is 0 Å². The minimum Gasteiger partial charge on any atom is -0.358 e. The Hall–Kier alpha value is -3.22. The van der Waals surface area contributed by atoms with Crippen LogP contribution in [0.15, 0.2) is 48.5 Å². The zero-order chi connectivity index (χ0) is 19.9. The largest absolute Gasteiger partial charge is 0.418 e. The Labute approximate surface area is 158 Å². The van der Waals surface area contributed by atoms with E-state index in [2.05, 4.69) is 15.3 Å². The molecule has 0 saturated heterocycles. The maximum absolute atomic E-state index is 13.2. The van der Waals surface area contributed by atoms with Crippen LogP contribution in [0, 0.1) is 6.92 Å². The minimum absolute atomic E-state index is 0.0874. The lowest BCUT2D eigenvalue weighted by atomic mass is 10.0. The summed E-state index contributed by atoms with van der Waals surface area (Å²) in [4.78, 5) is 18.3. The molecule has 0 aliphatic rings. The second kappa shape index (κ2) is 6.74. The van der Waals surface area contributed by atoms with E-state index in [0.717, 1.165) is 22.5 Å². The summed E-state index contributed by atoms with van der Waals surface area (Å²) >= 11 is 0. The van der Waals surface area contributed by atoms with Crippen molar-refractivity contribution in [3.05, 3.63) is 71.0 Å². The maximum atomic E-state index is 13.2. The number of hydrogen-bond acceptors (Lipinski definition) is 1. The molecular weight excluding hydrogens is 367 g/mol. The molecule has 0 aliphatic carbocycles. The first kappa shape index (κ1) is 18.2. The highest BCUT2D eigenvalue weighted by Crippen LogP contribution is 2.36. The molecule has 4 aromatic rings. The lowest BCUT2D eigenvalue weighted by Gasteiger charge is -2.08. The summed E-state index contributed by atoms with van der Waals surface area (Å²) < 4.78 is 39.6. The van der Waals surface area contributed by atoms with Crippen molar-refractivity contribution in [2.75, 3.05) is 6.54 Å². The maximum Gasteiger partial charge on any atom is 0.418 e. The summed E-state index contributed by atoms with van der Waals surface area (Å²) in [6.45, 7) is 2.06. The number of amides is 1. The van der Waals surface area contributed by atoms with E-state index in [9.17, 15) is 18.0 Å². The number of nitrogens with one attached hydrogen (secondary N) is 3. The standard InChI is InChI=1S/C21H18F3N3O/c1-12-14(15-6-4-7-16(19(15)26-12)21(22,23)24)9-10-25-20(28)18-11-13-5-2-3-8-17(13)27-18/h2-8,11,26-27H,9-10H2,1H3,(H,25,28). The van der Waals surface area contributed by atoms with Crippen molar-refractivity contribution >= 4 is 27.7 Å². The number of rotatable bonds is 4. The SMILES string of the molecule is Cc1[nH]c2c(C(F)(F)F)cccc2c1CCNC(=O)c1cc2ccccc2[nH]1. The van der Waals surface area contributed by atoms with Gasteiger partial charge in [0.05, 0.1) is 11.1 Å². The van der Waals surface area contributed by atoms with Crippen molar-refractivity contribution in [2.45, 2.75) is 19.5 Å². The highest BCUT2D eigenvalue weighted by molar-refractivity contribution is 5.98. The summed E-state index contributed by atoms with van der Waals surface area (Å²) in [6, 6.07) is 13.5. The van der Waals surface area contributed by atoms with E-state index in [1.165, 1.54) is 6.07 Å². The number of aromatic amines is 2. The number of benzene rings is 2. The van der Waals surface area contributed by atoms with Gasteiger partial charge < -0.3 is 15.3 Å². The number of aromatic nitrogens is 2. The van der Waals surface area contributed by atoms with E-state index in [4.69, 9.17) is 0 Å². The van der Waals surface area contributed by atoms with Gasteiger partial charge in [-0.1, -0.05) is 30.3 Å². The lowest BCUT2D eigenvalue weighted by Crippen LogP contribution is -2.26. The number of halogens is 3. The third-order valence-electron chi connectivity index (χ3n) is 4.90. The van der Waals surface area contributed by atoms with Gasteiger partial charge in [0.2, 0.25) is 0 Å². The number of H-pyrrole nitrogens is 2. The molecule has 0 saturated carbocycles. The first-order valence-corrected chi connectivity index (χ1v) is 8.88. The Morgan fingerprint density at radius 3 is 2.61 bits per heavy atom. The summed E-state index contributed by atoms with van der Waals surface area (Å²) in [5, 5.41) is 4.31. The monoisotopic (exact) mass is 385 g/mol. The molecule has 0 unspecified atom stereocenters. The van der Waals surface area contributed by atoms with Crippen LogP contribution in [0.25, 0.3) is 21.8 Å². The molecule has 2 heterocycles. The van der Waals surface area contributed by atoms with E-state index >= 15 is 0 Å². The summed E-state index contributed by atoms with van der Waals surface area (Å²) in [5.74, 6) is -0.246. The molecule has 0 radical (unpaired) electrons. The van der Waals surface area contributed by atoms with E-state index < -0.39 is 11.7 Å². The highest BCUT2D eigenvalue weighted by Gasteiger charge is 2.33. The van der Waals surface area contributed by atoms with Crippen molar-refractivity contribution in [1.82, 2.24) is 15.3 Å². The number of carbonyl (C=O) groups is 1. The molecule has 3 N–H and O–H groups in total. The second-order valence-corrected chi connectivity index (χ2v) is 6.73. The van der Waals surface area contributed by atoms with Crippen LogP contribution in [0.5, 0.6) is 0 Å². The van der Waals surface area contributed by atoms with Gasteiger partial charge in [-0.25, -0.2) is 0 Å². The highest BCUT2D eigenvalue weighted by atomic mass is 19.4. The number of carbonyl (C=O) groups excluding carboxylic acids is 1. The molecule has 1 amide bonds. The van der Waals surface area contributed by atoms with E-state index in [0.29, 0.717) is 29.7 Å². The molecule has 0 spiro atoms. The minimum atomic E-state index is -4.42. The quantitative estimate of drug-likeness (QED) is 0.457. The fraction of sp³-hybridized carbons (Fsp3) is 0.190. The van der Waals surface area contributed by atoms with Gasteiger partial charge in [0.1, 0.15) is 5.69 Å². The molecule has 144 valence electrons. The van der Waals surface area contributed by atoms with Crippen LogP contribution in [0.3, 0.4) is 0 Å². The summed E-state index contributed by atoms with van der Waals surface area (Å²) in [5.41, 5.74) is 2.19. The van der Waals surface area contributed by atoms with Crippen LogP contribution >= 0.6 is 0 Å². The molecule has 28 heavy (non-hydrogen) atoms. The van der Waals surface area contributed by atoms with Gasteiger partial charge in [-0.3, -0.25) is 4.79 Å². The van der Waals surface area contributed by atoms with E-state index in [1.807, 2.05) is 24.3 Å². The van der Waals surface area contributed by atoms with Crippen LogP contribution in [0.1, 0.15) is 27.3 Å². The van der Waals surface area contributed by atoms with Crippen molar-refractivity contribution in [1.29, 1.82) is 0 Å². The average molecular weight is 385 g/mol. The molecule has 7 heteroatoms. The topological polar surface area (TPSA) is 60.7 Å². The Bertz CT molecular complexity index is 1140. The number of fused-ring (bicyclic) bond motifs is 2. The fourth-order valence-electron chi connectivity index (χ4n) is 3.55. The Morgan fingerprint density at radius 1 is 1.07 bits per heavy atom. The number of para-hydroxylation sites is 2. The number of alkyl halides is 3. The smallest absolute Gasteiger partial charge is 0.358 e. The van der Waals surface area contributed by atoms with Crippen molar-refractivity contribution < 1.29 is 18.0 Å². The first-order chi connectivity index (χ1) is 13.3. The van der Waals surface area contributed by atoms with Gasteiger partial charge in [-0.05, 0) is 37.1 Å². The van der Waals surface area contributed by atoms with Gasteiger partial charge in [-0.2, -0.15) is 13.2 Å². The molecule has 0 bridgehead atoms. The van der Waals surface area contributed by atoms with Crippen LogP contribution in [-0.2, 0) is 12.6 Å². The zero-order valence-corrected chi connectivity index (χ0v) is 15.1. The summed E-state index contributed by atoms with van der Waals surface area (Å²) in [7, 11) is 0. The van der Waals surface area contributed by atoms with Gasteiger partial charge in [0.25, 0.3) is 5.91 Å². The molecule has 0 aliphatic heterocycles. The van der Waals surface area contributed by atoms with Gasteiger partial charge >= 0.3 is 6.18 Å². The lowest BCUT2D eigenvalue weighted by molar-refractivity contribution is -0.136.